The number of carbonyl (C=O) groups excluding carboxylic acids is 2. The van der Waals surface area contributed by atoms with Gasteiger partial charge in [0.15, 0.2) is 0 Å². The molecule has 0 aromatic heterocycles. The molecule has 214 valence electrons. The maximum absolute atomic E-state index is 14.2. The van der Waals surface area contributed by atoms with Gasteiger partial charge in [0, 0.05) is 12.1 Å². The van der Waals surface area contributed by atoms with Gasteiger partial charge in [0.05, 0.1) is 10.6 Å². The quantitative estimate of drug-likeness (QED) is 0.352. The number of rotatable bonds is 10. The first-order valence-corrected chi connectivity index (χ1v) is 15.0. The normalized spacial score (nSPS) is 12.5. The molecule has 0 heterocycles. The summed E-state index contributed by atoms with van der Waals surface area (Å²) in [5.74, 6) is -0.739. The molecule has 0 aliphatic heterocycles. The number of hydrogen-bond donors (Lipinski definition) is 1. The molecule has 0 bridgehead atoms. The van der Waals surface area contributed by atoms with Crippen molar-refractivity contribution in [3.63, 3.8) is 0 Å². The van der Waals surface area contributed by atoms with Crippen LogP contribution in [0.1, 0.15) is 56.4 Å². The number of amides is 2. The highest BCUT2D eigenvalue weighted by atomic mass is 32.2. The van der Waals surface area contributed by atoms with Crippen LogP contribution in [0.4, 0.5) is 5.69 Å². The molecule has 7 nitrogen and oxygen atoms in total. The molecule has 0 saturated heterocycles. The molecule has 40 heavy (non-hydrogen) atoms. The van der Waals surface area contributed by atoms with Crippen LogP contribution in [0.25, 0.3) is 0 Å². The van der Waals surface area contributed by atoms with Crippen LogP contribution < -0.4 is 9.62 Å². The van der Waals surface area contributed by atoms with Crippen molar-refractivity contribution in [3.05, 3.63) is 95.1 Å². The molecule has 3 aromatic rings. The van der Waals surface area contributed by atoms with Gasteiger partial charge in [0.25, 0.3) is 10.0 Å². The van der Waals surface area contributed by atoms with Gasteiger partial charge in [-0.1, -0.05) is 67.1 Å². The average Bonchev–Trinajstić information content (AvgIpc) is 2.89. The summed E-state index contributed by atoms with van der Waals surface area (Å²) in [6.45, 7) is 12.9. The van der Waals surface area contributed by atoms with E-state index >= 15 is 0 Å². The number of sulfonamides is 1. The Morgan fingerprint density at radius 2 is 1.48 bits per heavy atom. The van der Waals surface area contributed by atoms with Crippen molar-refractivity contribution in [2.45, 2.75) is 77.9 Å². The molecule has 3 aromatic carbocycles. The molecule has 8 heteroatoms. The summed E-state index contributed by atoms with van der Waals surface area (Å²) in [5.41, 5.74) is 3.46. The van der Waals surface area contributed by atoms with E-state index in [1.165, 1.54) is 21.3 Å². The molecular weight excluding hydrogens is 522 g/mol. The van der Waals surface area contributed by atoms with E-state index in [1.54, 1.807) is 24.3 Å². The molecule has 0 aliphatic rings. The van der Waals surface area contributed by atoms with Gasteiger partial charge in [-0.3, -0.25) is 13.9 Å². The maximum atomic E-state index is 14.2. The van der Waals surface area contributed by atoms with Gasteiger partial charge in [0.2, 0.25) is 11.8 Å². The van der Waals surface area contributed by atoms with E-state index < -0.39 is 34.1 Å². The molecule has 1 N–H and O–H groups in total. The zero-order chi connectivity index (χ0) is 29.7. The molecule has 0 saturated carbocycles. The van der Waals surface area contributed by atoms with E-state index in [9.17, 15) is 18.0 Å². The van der Waals surface area contributed by atoms with E-state index in [-0.39, 0.29) is 17.3 Å². The topological polar surface area (TPSA) is 86.8 Å². The Kier molecular flexibility index (Phi) is 9.79. The van der Waals surface area contributed by atoms with Crippen LogP contribution in [-0.4, -0.2) is 43.3 Å². The van der Waals surface area contributed by atoms with Gasteiger partial charge in [-0.2, -0.15) is 0 Å². The Morgan fingerprint density at radius 3 is 2.05 bits per heavy atom. The van der Waals surface area contributed by atoms with Crippen molar-refractivity contribution < 1.29 is 18.0 Å². The Morgan fingerprint density at radius 1 is 0.875 bits per heavy atom. The fourth-order valence-electron chi connectivity index (χ4n) is 4.48. The number of hydrogen-bond acceptors (Lipinski definition) is 4. The lowest BCUT2D eigenvalue weighted by atomic mass is 10.1. The molecule has 0 radical (unpaired) electrons. The van der Waals surface area contributed by atoms with Crippen molar-refractivity contribution >= 4 is 27.5 Å². The summed E-state index contributed by atoms with van der Waals surface area (Å²) in [7, 11) is -4.10. The fraction of sp³-hybridized carbons (Fsp3) is 0.375. The number of nitrogens with one attached hydrogen (secondary N) is 1. The Hall–Kier alpha value is -3.65. The Bertz CT molecular complexity index is 1430. The van der Waals surface area contributed by atoms with Gasteiger partial charge in [0.1, 0.15) is 12.6 Å². The van der Waals surface area contributed by atoms with E-state index in [4.69, 9.17) is 0 Å². The Balaban J connectivity index is 2.10. The van der Waals surface area contributed by atoms with Crippen molar-refractivity contribution in [3.8, 4) is 0 Å². The predicted octanol–water partition coefficient (Wildman–Crippen LogP) is 5.53. The Labute approximate surface area is 239 Å². The van der Waals surface area contributed by atoms with Crippen molar-refractivity contribution in [2.75, 3.05) is 10.8 Å². The monoisotopic (exact) mass is 563 g/mol. The highest BCUT2D eigenvalue weighted by molar-refractivity contribution is 7.92. The van der Waals surface area contributed by atoms with Gasteiger partial charge < -0.3 is 10.2 Å². The second kappa shape index (κ2) is 12.7. The summed E-state index contributed by atoms with van der Waals surface area (Å²) < 4.78 is 29.1. The second-order valence-corrected chi connectivity index (χ2v) is 13.1. The third-order valence-electron chi connectivity index (χ3n) is 6.60. The first kappa shape index (κ1) is 30.9. The summed E-state index contributed by atoms with van der Waals surface area (Å²) in [4.78, 5) is 29.2. The third kappa shape index (κ3) is 7.72. The van der Waals surface area contributed by atoms with E-state index in [0.29, 0.717) is 12.1 Å². The highest BCUT2D eigenvalue weighted by Crippen LogP contribution is 2.28. The molecule has 1 atom stereocenters. The molecule has 1 unspecified atom stereocenters. The van der Waals surface area contributed by atoms with E-state index in [0.717, 1.165) is 22.3 Å². The van der Waals surface area contributed by atoms with Crippen LogP contribution in [0.15, 0.2) is 77.7 Å². The minimum atomic E-state index is -4.10. The predicted molar refractivity (Wildman–Crippen MR) is 161 cm³/mol. The lowest BCUT2D eigenvalue weighted by Crippen LogP contribution is -2.55. The van der Waals surface area contributed by atoms with Crippen LogP contribution in [0.2, 0.25) is 0 Å². The summed E-state index contributed by atoms with van der Waals surface area (Å²) in [6, 6.07) is 20.6. The van der Waals surface area contributed by atoms with Crippen LogP contribution in [0.5, 0.6) is 0 Å². The van der Waals surface area contributed by atoms with Gasteiger partial charge in [-0.15, -0.1) is 0 Å². The number of carbonyl (C=O) groups is 2. The highest BCUT2D eigenvalue weighted by Gasteiger charge is 2.35. The first-order valence-electron chi connectivity index (χ1n) is 13.5. The van der Waals surface area contributed by atoms with Crippen LogP contribution in [0, 0.1) is 20.8 Å². The number of nitrogens with zero attached hydrogens (tertiary/aromatic N) is 2. The summed E-state index contributed by atoms with van der Waals surface area (Å²) in [5, 5.41) is 2.99. The number of benzene rings is 3. The minimum Gasteiger partial charge on any atom is -0.350 e. The largest absolute Gasteiger partial charge is 0.350 e. The average molecular weight is 564 g/mol. The maximum Gasteiger partial charge on any atom is 0.264 e. The van der Waals surface area contributed by atoms with Crippen molar-refractivity contribution in [2.24, 2.45) is 0 Å². The van der Waals surface area contributed by atoms with Crippen molar-refractivity contribution in [1.29, 1.82) is 0 Å². The molecule has 3 rings (SSSR count). The molecular formula is C32H41N3O4S. The third-order valence-corrected chi connectivity index (χ3v) is 8.37. The van der Waals surface area contributed by atoms with Gasteiger partial charge in [-0.05, 0) is 82.9 Å². The molecule has 0 fully saturated rings. The van der Waals surface area contributed by atoms with Crippen LogP contribution in [-0.2, 0) is 26.2 Å². The SMILES string of the molecule is CCC(C(=O)NC(C)(C)C)N(Cc1ccc(C)cc1)C(=O)CN(c1cc(C)ccc1C)S(=O)(=O)c1ccccc1. The van der Waals surface area contributed by atoms with E-state index in [1.807, 2.05) is 84.9 Å². The van der Waals surface area contributed by atoms with Crippen LogP contribution in [0.3, 0.4) is 0 Å². The molecule has 0 spiro atoms. The van der Waals surface area contributed by atoms with Gasteiger partial charge in [-0.25, -0.2) is 8.42 Å². The van der Waals surface area contributed by atoms with Gasteiger partial charge >= 0.3 is 0 Å². The van der Waals surface area contributed by atoms with E-state index in [2.05, 4.69) is 5.32 Å². The minimum absolute atomic E-state index is 0.0892. The molecule has 2 amide bonds. The first-order chi connectivity index (χ1) is 18.7. The second-order valence-electron chi connectivity index (χ2n) is 11.3. The molecule has 0 aliphatic carbocycles. The summed E-state index contributed by atoms with van der Waals surface area (Å²) >= 11 is 0. The van der Waals surface area contributed by atoms with Crippen LogP contribution >= 0.6 is 0 Å². The smallest absolute Gasteiger partial charge is 0.264 e. The lowest BCUT2D eigenvalue weighted by Gasteiger charge is -2.35. The zero-order valence-corrected chi connectivity index (χ0v) is 25.4. The number of aryl methyl sites for hydroxylation is 3. The lowest BCUT2D eigenvalue weighted by molar-refractivity contribution is -0.141. The number of anilines is 1. The zero-order valence-electron chi connectivity index (χ0n) is 24.6. The van der Waals surface area contributed by atoms with Crippen molar-refractivity contribution in [1.82, 2.24) is 10.2 Å². The fourth-order valence-corrected chi connectivity index (χ4v) is 5.98. The standard InChI is InChI=1S/C32H41N3O4S/c1-8-28(31(37)33-32(5,6)7)34(21-26-18-15-23(2)16-19-26)30(36)22-35(29-20-24(3)14-17-25(29)4)40(38,39)27-12-10-9-11-13-27/h9-20,28H,8,21-22H2,1-7H3,(H,33,37). The summed E-state index contributed by atoms with van der Waals surface area (Å²) in [6.07, 6.45) is 0.369.